The number of benzene rings is 2. The summed E-state index contributed by atoms with van der Waals surface area (Å²) in [5.74, 6) is 2.37. The average molecular weight is 461 g/mol. The second-order valence-corrected chi connectivity index (χ2v) is 10.7. The zero-order valence-electron chi connectivity index (χ0n) is 21.5. The Labute approximate surface area is 204 Å². The number of amides is 1. The lowest BCUT2D eigenvalue weighted by molar-refractivity contribution is 0.0729. The van der Waals surface area contributed by atoms with Crippen LogP contribution in [0.3, 0.4) is 0 Å². The van der Waals surface area contributed by atoms with Crippen molar-refractivity contribution in [3.8, 4) is 0 Å². The van der Waals surface area contributed by atoms with Gasteiger partial charge in [0.05, 0.1) is 17.6 Å². The van der Waals surface area contributed by atoms with Gasteiger partial charge in [-0.15, -0.1) is 0 Å². The first-order valence-electron chi connectivity index (χ1n) is 12.8. The molecule has 0 aliphatic heterocycles. The molecular formula is C29H40N4O. The van der Waals surface area contributed by atoms with Gasteiger partial charge >= 0.3 is 0 Å². The van der Waals surface area contributed by atoms with Crippen LogP contribution >= 0.6 is 0 Å². The Bertz CT molecular complexity index is 1110. The van der Waals surface area contributed by atoms with Crippen LogP contribution in [-0.2, 0) is 19.6 Å². The van der Waals surface area contributed by atoms with Gasteiger partial charge in [-0.05, 0) is 81.8 Å². The predicted molar refractivity (Wildman–Crippen MR) is 140 cm³/mol. The number of aromatic nitrogens is 2. The molecule has 1 aliphatic rings. The fourth-order valence-electron chi connectivity index (χ4n) is 4.30. The summed E-state index contributed by atoms with van der Waals surface area (Å²) in [6.07, 6.45) is 3.56. The third-order valence-electron chi connectivity index (χ3n) is 6.95. The van der Waals surface area contributed by atoms with Gasteiger partial charge in [-0.25, -0.2) is 4.98 Å². The highest BCUT2D eigenvalue weighted by Gasteiger charge is 2.26. The van der Waals surface area contributed by atoms with E-state index in [1.165, 1.54) is 23.9 Å². The number of carbonyl (C=O) groups is 1. The second-order valence-electron chi connectivity index (χ2n) is 10.7. The lowest BCUT2D eigenvalue weighted by Gasteiger charge is -2.25. The minimum Gasteiger partial charge on any atom is -0.331 e. The van der Waals surface area contributed by atoms with Gasteiger partial charge in [0.15, 0.2) is 0 Å². The molecule has 0 atom stereocenters. The van der Waals surface area contributed by atoms with Crippen LogP contribution in [0, 0.1) is 11.8 Å². The fraction of sp³-hybridized carbons (Fsp3) is 0.517. The highest BCUT2D eigenvalue weighted by molar-refractivity contribution is 5.94. The van der Waals surface area contributed by atoms with Crippen LogP contribution in [0.1, 0.15) is 68.7 Å². The van der Waals surface area contributed by atoms with Crippen molar-refractivity contribution >= 4 is 16.9 Å². The van der Waals surface area contributed by atoms with Crippen LogP contribution in [0.2, 0.25) is 0 Å². The number of carbonyl (C=O) groups excluding carboxylic acids is 1. The quantitative estimate of drug-likeness (QED) is 0.354. The summed E-state index contributed by atoms with van der Waals surface area (Å²) in [5.41, 5.74) is 4.14. The van der Waals surface area contributed by atoms with Crippen molar-refractivity contribution in [1.29, 1.82) is 0 Å². The Balaban J connectivity index is 1.61. The van der Waals surface area contributed by atoms with Crippen LogP contribution in [-0.4, -0.2) is 44.9 Å². The normalized spacial score (nSPS) is 14.0. The summed E-state index contributed by atoms with van der Waals surface area (Å²) in [7, 11) is 2.12. The van der Waals surface area contributed by atoms with Crippen molar-refractivity contribution in [2.75, 3.05) is 13.6 Å². The lowest BCUT2D eigenvalue weighted by atomic mass is 10.1. The standard InChI is InChI=1S/C29H40N4O/c1-21(2)15-16-32(29(34)25-10-8-9-24(17-25)18-31(5)22(3)4)20-28-30-26-11-6-7-12-27(26)33(28)19-23-13-14-23/h6-12,17,21-23H,13-16,18-20H2,1-5H3. The molecule has 34 heavy (non-hydrogen) atoms. The first-order chi connectivity index (χ1) is 16.3. The van der Waals surface area contributed by atoms with Crippen LogP contribution in [0.4, 0.5) is 0 Å². The molecule has 1 aliphatic carbocycles. The monoisotopic (exact) mass is 460 g/mol. The summed E-state index contributed by atoms with van der Waals surface area (Å²) in [5, 5.41) is 0. The van der Waals surface area contributed by atoms with E-state index in [0.717, 1.165) is 48.9 Å². The SMILES string of the molecule is CC(C)CCN(Cc1nc2ccccc2n1CC1CC1)C(=O)c1cccc(CN(C)C(C)C)c1. The highest BCUT2D eigenvalue weighted by Crippen LogP contribution is 2.32. The second kappa shape index (κ2) is 10.7. The van der Waals surface area contributed by atoms with Crippen molar-refractivity contribution in [2.24, 2.45) is 11.8 Å². The van der Waals surface area contributed by atoms with Crippen LogP contribution in [0.25, 0.3) is 11.0 Å². The van der Waals surface area contributed by atoms with E-state index in [-0.39, 0.29) is 5.91 Å². The first kappa shape index (κ1) is 24.5. The van der Waals surface area contributed by atoms with Crippen molar-refractivity contribution < 1.29 is 4.79 Å². The molecule has 3 aromatic rings. The molecule has 2 aromatic carbocycles. The smallest absolute Gasteiger partial charge is 0.254 e. The number of rotatable bonds is 11. The molecule has 182 valence electrons. The molecule has 0 spiro atoms. The van der Waals surface area contributed by atoms with E-state index in [2.05, 4.69) is 74.5 Å². The molecule has 1 saturated carbocycles. The van der Waals surface area contributed by atoms with Crippen LogP contribution < -0.4 is 0 Å². The third kappa shape index (κ3) is 6.06. The van der Waals surface area contributed by atoms with Gasteiger partial charge in [-0.1, -0.05) is 38.1 Å². The van der Waals surface area contributed by atoms with E-state index < -0.39 is 0 Å². The van der Waals surface area contributed by atoms with Gasteiger partial charge in [0.25, 0.3) is 5.91 Å². The zero-order valence-corrected chi connectivity index (χ0v) is 21.5. The number of hydrogen-bond acceptors (Lipinski definition) is 3. The maximum absolute atomic E-state index is 13.8. The highest BCUT2D eigenvalue weighted by atomic mass is 16.2. The average Bonchev–Trinajstić information content (AvgIpc) is 3.57. The summed E-state index contributed by atoms with van der Waals surface area (Å²) < 4.78 is 2.36. The molecule has 1 heterocycles. The largest absolute Gasteiger partial charge is 0.331 e. The first-order valence-corrected chi connectivity index (χ1v) is 12.8. The third-order valence-corrected chi connectivity index (χ3v) is 6.95. The molecule has 0 unspecified atom stereocenters. The molecule has 5 nitrogen and oxygen atoms in total. The van der Waals surface area contributed by atoms with E-state index in [4.69, 9.17) is 4.98 Å². The van der Waals surface area contributed by atoms with Crippen LogP contribution in [0.15, 0.2) is 48.5 Å². The lowest BCUT2D eigenvalue weighted by Crippen LogP contribution is -2.33. The van der Waals surface area contributed by atoms with Gasteiger partial charge in [-0.2, -0.15) is 0 Å². The minimum atomic E-state index is 0.0970. The maximum Gasteiger partial charge on any atom is 0.254 e. The zero-order chi connectivity index (χ0) is 24.2. The van der Waals surface area contributed by atoms with E-state index in [1.807, 2.05) is 23.1 Å². The molecule has 0 bridgehead atoms. The molecule has 1 amide bonds. The number of nitrogens with zero attached hydrogens (tertiary/aromatic N) is 4. The molecule has 0 N–H and O–H groups in total. The summed E-state index contributed by atoms with van der Waals surface area (Å²) in [6.45, 7) is 11.9. The molecule has 0 radical (unpaired) electrons. The molecule has 4 rings (SSSR count). The Morgan fingerprint density at radius 3 is 2.53 bits per heavy atom. The summed E-state index contributed by atoms with van der Waals surface area (Å²) in [4.78, 5) is 23.0. The van der Waals surface area contributed by atoms with Gasteiger partial charge < -0.3 is 9.47 Å². The summed E-state index contributed by atoms with van der Waals surface area (Å²) in [6, 6.07) is 17.0. The van der Waals surface area contributed by atoms with Gasteiger partial charge in [0, 0.05) is 31.2 Å². The number of imidazole rings is 1. The molecule has 1 aromatic heterocycles. The van der Waals surface area contributed by atoms with Crippen LogP contribution in [0.5, 0.6) is 0 Å². The molecule has 0 saturated heterocycles. The Kier molecular flexibility index (Phi) is 7.72. The number of fused-ring (bicyclic) bond motifs is 1. The number of hydrogen-bond donors (Lipinski definition) is 0. The van der Waals surface area contributed by atoms with E-state index >= 15 is 0 Å². The van der Waals surface area contributed by atoms with Gasteiger partial charge in [-0.3, -0.25) is 9.69 Å². The number of para-hydroxylation sites is 2. The van der Waals surface area contributed by atoms with E-state index in [1.54, 1.807) is 0 Å². The van der Waals surface area contributed by atoms with Crippen molar-refractivity contribution in [3.63, 3.8) is 0 Å². The van der Waals surface area contributed by atoms with Gasteiger partial charge in [0.1, 0.15) is 5.82 Å². The molecular weight excluding hydrogens is 420 g/mol. The van der Waals surface area contributed by atoms with E-state index in [9.17, 15) is 4.79 Å². The Morgan fingerprint density at radius 2 is 1.82 bits per heavy atom. The maximum atomic E-state index is 13.8. The fourth-order valence-corrected chi connectivity index (χ4v) is 4.30. The Hall–Kier alpha value is -2.66. The molecule has 1 fully saturated rings. The van der Waals surface area contributed by atoms with Gasteiger partial charge in [0.2, 0.25) is 0 Å². The predicted octanol–water partition coefficient (Wildman–Crippen LogP) is 5.98. The Morgan fingerprint density at radius 1 is 1.06 bits per heavy atom. The molecule has 5 heteroatoms. The summed E-state index contributed by atoms with van der Waals surface area (Å²) >= 11 is 0. The minimum absolute atomic E-state index is 0.0970. The van der Waals surface area contributed by atoms with Crippen molar-refractivity contribution in [1.82, 2.24) is 19.4 Å². The van der Waals surface area contributed by atoms with Crippen molar-refractivity contribution in [2.45, 2.75) is 72.6 Å². The topological polar surface area (TPSA) is 41.4 Å². The van der Waals surface area contributed by atoms with E-state index in [0.29, 0.717) is 18.5 Å². The van der Waals surface area contributed by atoms with Crippen molar-refractivity contribution in [3.05, 3.63) is 65.5 Å².